The van der Waals surface area contributed by atoms with Gasteiger partial charge < -0.3 is 9.47 Å². The highest BCUT2D eigenvalue weighted by Crippen LogP contribution is 2.31. The van der Waals surface area contributed by atoms with E-state index in [0.29, 0.717) is 22.2 Å². The Bertz CT molecular complexity index is 725. The Labute approximate surface area is 127 Å². The van der Waals surface area contributed by atoms with E-state index in [-0.39, 0.29) is 12.1 Å². The molecule has 0 unspecified atom stereocenters. The molecule has 0 saturated heterocycles. The first-order chi connectivity index (χ1) is 10.0. The molecular weight excluding hydrogens is 292 g/mol. The molecule has 21 heavy (non-hydrogen) atoms. The van der Waals surface area contributed by atoms with Crippen molar-refractivity contribution in [2.45, 2.75) is 6.54 Å². The van der Waals surface area contributed by atoms with Crippen LogP contribution in [0.25, 0.3) is 11.3 Å². The maximum Gasteiger partial charge on any atom is 0.267 e. The van der Waals surface area contributed by atoms with Crippen molar-refractivity contribution in [3.63, 3.8) is 0 Å². The van der Waals surface area contributed by atoms with Crippen LogP contribution in [0.2, 0.25) is 0 Å². The molecule has 0 radical (unpaired) electrons. The fraction of sp³-hybridized carbons (Fsp3) is 0.200. The van der Waals surface area contributed by atoms with Gasteiger partial charge in [0.25, 0.3) is 5.56 Å². The van der Waals surface area contributed by atoms with Gasteiger partial charge in [-0.05, 0) is 24.3 Å². The van der Waals surface area contributed by atoms with E-state index >= 15 is 0 Å². The summed E-state index contributed by atoms with van der Waals surface area (Å²) in [6.45, 7) is 3.74. The minimum atomic E-state index is -0.235. The zero-order chi connectivity index (χ0) is 15.4. The summed E-state index contributed by atoms with van der Waals surface area (Å²) in [5, 5.41) is 4.62. The molecule has 0 spiro atoms. The van der Waals surface area contributed by atoms with Crippen LogP contribution in [0.3, 0.4) is 0 Å². The topological polar surface area (TPSA) is 53.4 Å². The third kappa shape index (κ3) is 3.44. The Balaban J connectivity index is 2.47. The van der Waals surface area contributed by atoms with Crippen LogP contribution in [0.5, 0.6) is 11.5 Å². The molecule has 2 rings (SSSR count). The van der Waals surface area contributed by atoms with Crippen LogP contribution in [0, 0.1) is 0 Å². The van der Waals surface area contributed by atoms with Gasteiger partial charge in [-0.1, -0.05) is 18.2 Å². The highest BCUT2D eigenvalue weighted by atomic mass is 35.5. The lowest BCUT2D eigenvalue weighted by Gasteiger charge is -2.10. The number of ether oxygens (including phenoxy) is 2. The van der Waals surface area contributed by atoms with E-state index in [2.05, 4.69) is 11.7 Å². The smallest absolute Gasteiger partial charge is 0.267 e. The summed E-state index contributed by atoms with van der Waals surface area (Å²) < 4.78 is 11.7. The average Bonchev–Trinajstić information content (AvgIpc) is 2.48. The average molecular weight is 307 g/mol. The summed E-state index contributed by atoms with van der Waals surface area (Å²) in [5.41, 5.74) is 1.20. The number of nitrogens with zero attached hydrogens (tertiary/aromatic N) is 2. The summed E-state index contributed by atoms with van der Waals surface area (Å²) in [6, 6.07) is 8.52. The Morgan fingerprint density at radius 3 is 2.57 bits per heavy atom. The van der Waals surface area contributed by atoms with Crippen molar-refractivity contribution >= 4 is 11.6 Å². The summed E-state index contributed by atoms with van der Waals surface area (Å²) >= 11 is 5.74. The molecule has 0 bridgehead atoms. The second-order valence-corrected chi connectivity index (χ2v) is 4.84. The molecule has 110 valence electrons. The molecule has 0 amide bonds. The normalized spacial score (nSPS) is 10.2. The van der Waals surface area contributed by atoms with E-state index in [0.717, 1.165) is 5.56 Å². The molecular formula is C15H15ClN2O3. The number of hydrogen-bond donors (Lipinski definition) is 0. The Kier molecular flexibility index (Phi) is 4.65. The lowest BCUT2D eigenvalue weighted by atomic mass is 10.1. The number of halogens is 1. The predicted molar refractivity (Wildman–Crippen MR) is 82.0 cm³/mol. The van der Waals surface area contributed by atoms with E-state index in [9.17, 15) is 4.79 Å². The molecule has 5 nitrogen and oxygen atoms in total. The van der Waals surface area contributed by atoms with Crippen LogP contribution >= 0.6 is 11.6 Å². The predicted octanol–water partition coefficient (Wildman–Crippen LogP) is 2.68. The molecule has 1 heterocycles. The van der Waals surface area contributed by atoms with Gasteiger partial charge in [-0.25, -0.2) is 4.68 Å². The molecule has 6 heteroatoms. The molecule has 0 atom stereocenters. The van der Waals surface area contributed by atoms with Gasteiger partial charge in [-0.2, -0.15) is 5.10 Å². The molecule has 2 aromatic rings. The van der Waals surface area contributed by atoms with E-state index in [1.165, 1.54) is 10.7 Å². The largest absolute Gasteiger partial charge is 0.493 e. The Hall–Kier alpha value is -2.27. The first-order valence-electron chi connectivity index (χ1n) is 6.19. The fourth-order valence-electron chi connectivity index (χ4n) is 1.87. The second-order valence-electron chi connectivity index (χ2n) is 4.30. The van der Waals surface area contributed by atoms with Gasteiger partial charge in [-0.3, -0.25) is 4.79 Å². The van der Waals surface area contributed by atoms with Crippen molar-refractivity contribution < 1.29 is 9.47 Å². The molecule has 0 N–H and O–H groups in total. The first kappa shape index (κ1) is 15.1. The summed E-state index contributed by atoms with van der Waals surface area (Å²) in [5.74, 6) is 1.22. The maximum absolute atomic E-state index is 11.7. The lowest BCUT2D eigenvalue weighted by molar-refractivity contribution is 0.355. The minimum absolute atomic E-state index is 0.168. The van der Waals surface area contributed by atoms with E-state index in [4.69, 9.17) is 21.1 Å². The summed E-state index contributed by atoms with van der Waals surface area (Å²) in [6.07, 6.45) is 0. The number of hydrogen-bond acceptors (Lipinski definition) is 4. The Morgan fingerprint density at radius 2 is 1.95 bits per heavy atom. The molecule has 0 aliphatic rings. The van der Waals surface area contributed by atoms with E-state index in [1.54, 1.807) is 32.4 Å². The van der Waals surface area contributed by atoms with Crippen molar-refractivity contribution in [2.24, 2.45) is 0 Å². The molecule has 0 aliphatic carbocycles. The molecule has 0 saturated carbocycles. The highest BCUT2D eigenvalue weighted by Gasteiger charge is 2.09. The monoisotopic (exact) mass is 306 g/mol. The lowest BCUT2D eigenvalue weighted by Crippen LogP contribution is -2.22. The van der Waals surface area contributed by atoms with E-state index < -0.39 is 0 Å². The van der Waals surface area contributed by atoms with Gasteiger partial charge in [0.2, 0.25) is 0 Å². The van der Waals surface area contributed by atoms with Gasteiger partial charge in [0, 0.05) is 16.7 Å². The highest BCUT2D eigenvalue weighted by molar-refractivity contribution is 6.29. The first-order valence-corrected chi connectivity index (χ1v) is 6.57. The maximum atomic E-state index is 11.7. The quantitative estimate of drug-likeness (QED) is 0.852. The molecule has 1 aromatic heterocycles. The zero-order valence-corrected chi connectivity index (χ0v) is 12.6. The third-order valence-corrected chi connectivity index (χ3v) is 2.99. The second kappa shape index (κ2) is 6.45. The van der Waals surface area contributed by atoms with Crippen LogP contribution in [0.4, 0.5) is 0 Å². The van der Waals surface area contributed by atoms with Crippen LogP contribution < -0.4 is 15.0 Å². The van der Waals surface area contributed by atoms with Gasteiger partial charge in [0.15, 0.2) is 11.5 Å². The standard InChI is InChI=1S/C15H15ClN2O3/c1-10(16)9-18-15(19)7-5-12(17-18)11-4-6-13(20-2)14(8-11)21-3/h4-8H,1,9H2,2-3H3. The van der Waals surface area contributed by atoms with Crippen molar-refractivity contribution in [1.82, 2.24) is 9.78 Å². The van der Waals surface area contributed by atoms with Crippen LogP contribution in [-0.2, 0) is 6.54 Å². The van der Waals surface area contributed by atoms with Crippen LogP contribution in [0.1, 0.15) is 0 Å². The number of allylic oxidation sites excluding steroid dienone is 1. The van der Waals surface area contributed by atoms with Crippen molar-refractivity contribution in [2.75, 3.05) is 14.2 Å². The van der Waals surface area contributed by atoms with Crippen molar-refractivity contribution in [3.05, 3.63) is 52.3 Å². The zero-order valence-electron chi connectivity index (χ0n) is 11.8. The number of aromatic nitrogens is 2. The van der Waals surface area contributed by atoms with Crippen molar-refractivity contribution in [3.8, 4) is 22.8 Å². The number of rotatable bonds is 5. The van der Waals surface area contributed by atoms with Crippen molar-refractivity contribution in [1.29, 1.82) is 0 Å². The minimum Gasteiger partial charge on any atom is -0.493 e. The summed E-state index contributed by atoms with van der Waals surface area (Å²) in [4.78, 5) is 11.7. The van der Waals surface area contributed by atoms with Gasteiger partial charge in [-0.15, -0.1) is 0 Å². The fourth-order valence-corrected chi connectivity index (χ4v) is 1.99. The Morgan fingerprint density at radius 1 is 1.24 bits per heavy atom. The molecule has 0 aliphatic heterocycles. The summed E-state index contributed by atoms with van der Waals surface area (Å²) in [7, 11) is 3.13. The third-order valence-electron chi connectivity index (χ3n) is 2.87. The van der Waals surface area contributed by atoms with Gasteiger partial charge >= 0.3 is 0 Å². The van der Waals surface area contributed by atoms with Gasteiger partial charge in [0.1, 0.15) is 0 Å². The number of benzene rings is 1. The van der Waals surface area contributed by atoms with Crippen LogP contribution in [0.15, 0.2) is 46.7 Å². The molecule has 0 fully saturated rings. The SMILES string of the molecule is C=C(Cl)Cn1nc(-c2ccc(OC)c(OC)c2)ccc1=O. The number of methoxy groups -OCH3 is 2. The van der Waals surface area contributed by atoms with Gasteiger partial charge in [0.05, 0.1) is 26.5 Å². The van der Waals surface area contributed by atoms with E-state index in [1.807, 2.05) is 6.07 Å². The van der Waals surface area contributed by atoms with Crippen LogP contribution in [-0.4, -0.2) is 24.0 Å². The molecule has 1 aromatic carbocycles.